The average molecular weight is 178 g/mol. The maximum Gasteiger partial charge on any atom is 0.310 e. The molecule has 0 spiro atoms. The molecule has 0 saturated carbocycles. The van der Waals surface area contributed by atoms with Gasteiger partial charge in [0.25, 0.3) is 0 Å². The van der Waals surface area contributed by atoms with Gasteiger partial charge in [-0.3, -0.25) is 4.79 Å². The van der Waals surface area contributed by atoms with Crippen molar-refractivity contribution in [3.63, 3.8) is 0 Å². The topological polar surface area (TPSA) is 60.4 Å². The molecule has 4 nitrogen and oxygen atoms in total. The average Bonchev–Trinajstić information content (AvgIpc) is 2.12. The molecule has 1 saturated heterocycles. The Balaban J connectivity index is 2.57. The smallest absolute Gasteiger partial charge is 0.310 e. The Morgan fingerprint density at radius 1 is 1.64 bits per heavy atom. The minimum atomic E-state index is -3.04. The van der Waals surface area contributed by atoms with Gasteiger partial charge in [-0.2, -0.15) is 0 Å². The van der Waals surface area contributed by atoms with Crippen LogP contribution in [-0.4, -0.2) is 33.0 Å². The second kappa shape index (κ2) is 2.81. The van der Waals surface area contributed by atoms with E-state index in [1.54, 1.807) is 0 Å². The lowest BCUT2D eigenvalue weighted by Crippen LogP contribution is -2.18. The number of carbonyl (C=O) groups is 1. The lowest BCUT2D eigenvalue weighted by molar-refractivity contribution is -0.140. The fourth-order valence-electron chi connectivity index (χ4n) is 1.05. The van der Waals surface area contributed by atoms with Crippen molar-refractivity contribution < 1.29 is 17.9 Å². The molecule has 5 heteroatoms. The van der Waals surface area contributed by atoms with Crippen molar-refractivity contribution in [2.75, 3.05) is 18.6 Å². The number of hydrogen-bond donors (Lipinski definition) is 0. The maximum atomic E-state index is 10.8. The van der Waals surface area contributed by atoms with Crippen molar-refractivity contribution in [1.82, 2.24) is 0 Å². The molecule has 0 aromatic heterocycles. The first-order valence-corrected chi connectivity index (χ1v) is 5.39. The molecule has 0 aliphatic carbocycles. The Kier molecular flexibility index (Phi) is 2.17. The van der Waals surface area contributed by atoms with Crippen LogP contribution in [0, 0.1) is 5.92 Å². The maximum absolute atomic E-state index is 10.8. The molecule has 0 radical (unpaired) electrons. The lowest BCUT2D eigenvalue weighted by atomic mass is 10.1. The zero-order chi connectivity index (χ0) is 8.48. The van der Waals surface area contributed by atoms with E-state index >= 15 is 0 Å². The molecule has 1 aliphatic rings. The Bertz CT molecular complexity index is 254. The summed E-state index contributed by atoms with van der Waals surface area (Å²) in [6.07, 6.45) is 1.66. The van der Waals surface area contributed by atoms with Crippen LogP contribution in [0.15, 0.2) is 0 Å². The molecule has 0 bridgehead atoms. The first-order valence-electron chi connectivity index (χ1n) is 3.33. The van der Waals surface area contributed by atoms with Gasteiger partial charge in [0.15, 0.2) is 0 Å². The predicted octanol–water partition coefficient (Wildman–Crippen LogP) is -0.406. The van der Waals surface area contributed by atoms with Crippen molar-refractivity contribution >= 4 is 15.8 Å². The molecule has 1 unspecified atom stereocenters. The van der Waals surface area contributed by atoms with Gasteiger partial charge in [0.1, 0.15) is 9.84 Å². The van der Waals surface area contributed by atoms with Crippen molar-refractivity contribution in [3.8, 4) is 0 Å². The number of carbonyl (C=O) groups excluding carboxylic acids is 1. The molecule has 0 amide bonds. The van der Waals surface area contributed by atoms with Gasteiger partial charge in [0.2, 0.25) is 0 Å². The van der Waals surface area contributed by atoms with Gasteiger partial charge < -0.3 is 4.74 Å². The summed E-state index contributed by atoms with van der Waals surface area (Å²) in [5, 5.41) is 0. The van der Waals surface area contributed by atoms with Crippen LogP contribution in [0.3, 0.4) is 0 Å². The second-order valence-corrected chi connectivity index (χ2v) is 4.93. The standard InChI is InChI=1S/C6H10O4S/c1-11(8,9)4-5-2-3-10-6(5)7/h5H,2-4H2,1H3. The van der Waals surface area contributed by atoms with Crippen LogP contribution in [0.25, 0.3) is 0 Å². The molecule has 0 aromatic rings. The Morgan fingerprint density at radius 3 is 2.64 bits per heavy atom. The van der Waals surface area contributed by atoms with Gasteiger partial charge in [-0.1, -0.05) is 0 Å². The Hall–Kier alpha value is -0.580. The quantitative estimate of drug-likeness (QED) is 0.539. The van der Waals surface area contributed by atoms with Crippen molar-refractivity contribution in [2.45, 2.75) is 6.42 Å². The zero-order valence-corrected chi connectivity index (χ0v) is 7.06. The first-order chi connectivity index (χ1) is 4.99. The van der Waals surface area contributed by atoms with Gasteiger partial charge in [0, 0.05) is 6.26 Å². The second-order valence-electron chi connectivity index (χ2n) is 2.75. The third kappa shape index (κ3) is 2.49. The Morgan fingerprint density at radius 2 is 2.27 bits per heavy atom. The predicted molar refractivity (Wildman–Crippen MR) is 38.8 cm³/mol. The van der Waals surface area contributed by atoms with Crippen LogP contribution >= 0.6 is 0 Å². The summed E-state index contributed by atoms with van der Waals surface area (Å²) in [4.78, 5) is 10.8. The molecule has 1 atom stereocenters. The highest BCUT2D eigenvalue weighted by Gasteiger charge is 2.29. The van der Waals surface area contributed by atoms with E-state index in [1.807, 2.05) is 0 Å². The van der Waals surface area contributed by atoms with Crippen LogP contribution in [0.4, 0.5) is 0 Å². The monoisotopic (exact) mass is 178 g/mol. The highest BCUT2D eigenvalue weighted by molar-refractivity contribution is 7.90. The summed E-state index contributed by atoms with van der Waals surface area (Å²) in [5.41, 5.74) is 0. The largest absolute Gasteiger partial charge is 0.465 e. The lowest BCUT2D eigenvalue weighted by Gasteiger charge is -2.01. The normalized spacial score (nSPS) is 25.2. The first kappa shape index (κ1) is 8.52. The highest BCUT2D eigenvalue weighted by atomic mass is 32.2. The summed E-state index contributed by atoms with van der Waals surface area (Å²) < 4.78 is 26.1. The summed E-state index contributed by atoms with van der Waals surface area (Å²) in [6, 6.07) is 0. The summed E-state index contributed by atoms with van der Waals surface area (Å²) >= 11 is 0. The van der Waals surface area contributed by atoms with Crippen LogP contribution in [0.2, 0.25) is 0 Å². The number of esters is 1. The number of rotatable bonds is 2. The molecular formula is C6H10O4S. The van der Waals surface area contributed by atoms with Crippen molar-refractivity contribution in [2.24, 2.45) is 5.92 Å². The Labute approximate surface area is 65.5 Å². The number of sulfone groups is 1. The molecule has 11 heavy (non-hydrogen) atoms. The van der Waals surface area contributed by atoms with Gasteiger partial charge in [-0.15, -0.1) is 0 Å². The molecular weight excluding hydrogens is 168 g/mol. The van der Waals surface area contributed by atoms with E-state index in [1.165, 1.54) is 0 Å². The molecule has 64 valence electrons. The van der Waals surface area contributed by atoms with Crippen LogP contribution in [0.5, 0.6) is 0 Å². The zero-order valence-electron chi connectivity index (χ0n) is 6.24. The minimum absolute atomic E-state index is 0.0775. The van der Waals surface area contributed by atoms with E-state index in [0.717, 1.165) is 6.26 Å². The number of ether oxygens (including phenoxy) is 1. The highest BCUT2D eigenvalue weighted by Crippen LogP contribution is 2.15. The van der Waals surface area contributed by atoms with Crippen LogP contribution in [0.1, 0.15) is 6.42 Å². The fourth-order valence-corrected chi connectivity index (χ4v) is 2.09. The number of cyclic esters (lactones) is 1. The third-order valence-corrected chi connectivity index (χ3v) is 2.56. The van der Waals surface area contributed by atoms with E-state index in [0.29, 0.717) is 13.0 Å². The summed E-state index contributed by atoms with van der Waals surface area (Å²) in [6.45, 7) is 0.360. The molecule has 1 aliphatic heterocycles. The summed E-state index contributed by atoms with van der Waals surface area (Å²) in [7, 11) is -3.04. The van der Waals surface area contributed by atoms with Gasteiger partial charge in [-0.25, -0.2) is 8.42 Å². The third-order valence-electron chi connectivity index (χ3n) is 1.55. The van der Waals surface area contributed by atoms with Gasteiger partial charge in [0.05, 0.1) is 18.3 Å². The molecule has 0 aromatic carbocycles. The molecule has 1 rings (SSSR count). The minimum Gasteiger partial charge on any atom is -0.465 e. The number of hydrogen-bond acceptors (Lipinski definition) is 4. The molecule has 1 fully saturated rings. The van der Waals surface area contributed by atoms with Crippen molar-refractivity contribution in [1.29, 1.82) is 0 Å². The van der Waals surface area contributed by atoms with Crippen LogP contribution in [-0.2, 0) is 19.4 Å². The van der Waals surface area contributed by atoms with Gasteiger partial charge >= 0.3 is 5.97 Å². The van der Waals surface area contributed by atoms with E-state index in [-0.39, 0.29) is 11.7 Å². The molecule has 1 heterocycles. The SMILES string of the molecule is CS(=O)(=O)CC1CCOC1=O. The van der Waals surface area contributed by atoms with E-state index in [9.17, 15) is 13.2 Å². The fraction of sp³-hybridized carbons (Fsp3) is 0.833. The van der Waals surface area contributed by atoms with Gasteiger partial charge in [-0.05, 0) is 6.42 Å². The van der Waals surface area contributed by atoms with Crippen LogP contribution < -0.4 is 0 Å². The van der Waals surface area contributed by atoms with E-state index in [4.69, 9.17) is 0 Å². The molecule has 0 N–H and O–H groups in total. The summed E-state index contributed by atoms with van der Waals surface area (Å²) in [5.74, 6) is -0.883. The van der Waals surface area contributed by atoms with E-state index in [2.05, 4.69) is 4.74 Å². The van der Waals surface area contributed by atoms with E-state index < -0.39 is 15.8 Å². The van der Waals surface area contributed by atoms with Crippen molar-refractivity contribution in [3.05, 3.63) is 0 Å².